The number of halogens is 2. The van der Waals surface area contributed by atoms with Crippen molar-refractivity contribution in [3.8, 4) is 5.75 Å². The van der Waals surface area contributed by atoms with Gasteiger partial charge in [-0.05, 0) is 69.5 Å². The summed E-state index contributed by atoms with van der Waals surface area (Å²) in [6.07, 6.45) is 2.17. The molecule has 2 aromatic carbocycles. The maximum absolute atomic E-state index is 14.9. The summed E-state index contributed by atoms with van der Waals surface area (Å²) in [6.45, 7) is 6.93. The van der Waals surface area contributed by atoms with E-state index in [4.69, 9.17) is 9.47 Å². The van der Waals surface area contributed by atoms with E-state index in [0.29, 0.717) is 30.9 Å². The smallest absolute Gasteiger partial charge is 0.145 e. The van der Waals surface area contributed by atoms with Gasteiger partial charge in [0, 0.05) is 40.2 Å². The molecular weight excluding hydrogens is 525 g/mol. The van der Waals surface area contributed by atoms with Crippen molar-refractivity contribution < 1.29 is 18.1 Å². The van der Waals surface area contributed by atoms with Gasteiger partial charge in [0.2, 0.25) is 0 Å². The van der Waals surface area contributed by atoms with Crippen LogP contribution in [0.3, 0.4) is 0 Å². The predicted octanol–water partition coefficient (Wildman–Crippen LogP) is 6.72. The van der Waals surface area contributed by atoms with E-state index in [-0.39, 0.29) is 10.6 Å². The van der Waals surface area contributed by atoms with Gasteiger partial charge in [0.05, 0.1) is 17.6 Å². The van der Waals surface area contributed by atoms with E-state index in [2.05, 4.69) is 32.5 Å². The van der Waals surface area contributed by atoms with Gasteiger partial charge < -0.3 is 9.47 Å². The standard InChI is InChI=1S/C25H31BrFNO3S2/c1-24(2,3)33(29)28-23(21-15-19(26)7-10-22(21)27)16-25(11-13-31-14-12-25)32-17-18-5-8-20(30-4)9-6-18/h5-10,15H,11-14,16-17H2,1-4H3/b28-23-. The largest absolute Gasteiger partial charge is 0.497 e. The number of nitrogens with zero attached hydrogens (tertiary/aromatic N) is 1. The van der Waals surface area contributed by atoms with E-state index in [1.807, 2.05) is 44.7 Å². The second-order valence-corrected chi connectivity index (χ2v) is 13.4. The molecule has 0 amide bonds. The van der Waals surface area contributed by atoms with Crippen molar-refractivity contribution in [2.45, 2.75) is 55.3 Å². The first-order valence-corrected chi connectivity index (χ1v) is 13.8. The van der Waals surface area contributed by atoms with Crippen molar-refractivity contribution in [1.29, 1.82) is 0 Å². The fraction of sp³-hybridized carbons (Fsp3) is 0.480. The summed E-state index contributed by atoms with van der Waals surface area (Å²) in [6, 6.07) is 12.9. The minimum absolute atomic E-state index is 0.187. The number of thioether (sulfide) groups is 1. The van der Waals surface area contributed by atoms with Crippen LogP contribution in [0.25, 0.3) is 0 Å². The number of benzene rings is 2. The van der Waals surface area contributed by atoms with Gasteiger partial charge in [0.15, 0.2) is 0 Å². The van der Waals surface area contributed by atoms with Gasteiger partial charge in [0.25, 0.3) is 0 Å². The molecule has 0 saturated carbocycles. The molecule has 1 aliphatic rings. The summed E-state index contributed by atoms with van der Waals surface area (Å²) in [5.41, 5.74) is 2.14. The number of hydrogen-bond donors (Lipinski definition) is 0. The van der Waals surface area contributed by atoms with Crippen molar-refractivity contribution in [3.05, 3.63) is 63.9 Å². The highest BCUT2D eigenvalue weighted by atomic mass is 79.9. The van der Waals surface area contributed by atoms with Gasteiger partial charge in [-0.15, -0.1) is 11.8 Å². The average molecular weight is 557 g/mol. The zero-order valence-corrected chi connectivity index (χ0v) is 22.7. The molecule has 0 bridgehead atoms. The first-order valence-electron chi connectivity index (χ1n) is 10.9. The van der Waals surface area contributed by atoms with Crippen LogP contribution in [0.1, 0.15) is 51.2 Å². The van der Waals surface area contributed by atoms with Gasteiger partial charge in [-0.3, -0.25) is 0 Å². The van der Waals surface area contributed by atoms with E-state index in [1.165, 1.54) is 11.6 Å². The first-order chi connectivity index (χ1) is 15.6. The molecule has 33 heavy (non-hydrogen) atoms. The highest BCUT2D eigenvalue weighted by molar-refractivity contribution is 9.10. The van der Waals surface area contributed by atoms with Crippen LogP contribution in [0, 0.1) is 5.82 Å². The molecule has 4 nitrogen and oxygen atoms in total. The molecule has 180 valence electrons. The Morgan fingerprint density at radius 2 is 1.88 bits per heavy atom. The number of ether oxygens (including phenoxy) is 2. The molecule has 3 rings (SSSR count). The van der Waals surface area contributed by atoms with Crippen LogP contribution < -0.4 is 4.74 Å². The second kappa shape index (κ2) is 11.5. The molecule has 0 aromatic heterocycles. The molecule has 2 aromatic rings. The van der Waals surface area contributed by atoms with Crippen molar-refractivity contribution >= 4 is 44.4 Å². The highest BCUT2D eigenvalue weighted by Crippen LogP contribution is 2.42. The van der Waals surface area contributed by atoms with Crippen LogP contribution in [0.5, 0.6) is 5.75 Å². The molecule has 0 spiro atoms. The van der Waals surface area contributed by atoms with Crippen molar-refractivity contribution in [1.82, 2.24) is 0 Å². The summed E-state index contributed by atoms with van der Waals surface area (Å²) in [5.74, 6) is 1.28. The lowest BCUT2D eigenvalue weighted by molar-refractivity contribution is 0.0789. The topological polar surface area (TPSA) is 47.9 Å². The van der Waals surface area contributed by atoms with E-state index < -0.39 is 15.7 Å². The summed E-state index contributed by atoms with van der Waals surface area (Å²) >= 11 is 5.29. The Morgan fingerprint density at radius 3 is 2.48 bits per heavy atom. The second-order valence-electron chi connectivity index (χ2n) is 9.13. The third-order valence-corrected chi connectivity index (χ3v) is 9.12. The Hall–Kier alpha value is -1.22. The molecular formula is C25H31BrFNO3S2. The lowest BCUT2D eigenvalue weighted by atomic mass is 9.90. The Balaban J connectivity index is 1.93. The Bertz CT molecular complexity index is 1000. The van der Waals surface area contributed by atoms with Crippen LogP contribution in [-0.2, 0) is 21.5 Å². The minimum Gasteiger partial charge on any atom is -0.497 e. The van der Waals surface area contributed by atoms with Crippen molar-refractivity contribution in [2.24, 2.45) is 4.40 Å². The zero-order valence-electron chi connectivity index (χ0n) is 19.5. The minimum atomic E-state index is -1.50. The van der Waals surface area contributed by atoms with Gasteiger partial charge in [-0.2, -0.15) is 4.40 Å². The monoisotopic (exact) mass is 555 g/mol. The van der Waals surface area contributed by atoms with E-state index >= 15 is 0 Å². The van der Waals surface area contributed by atoms with E-state index in [1.54, 1.807) is 19.2 Å². The van der Waals surface area contributed by atoms with Gasteiger partial charge in [-0.1, -0.05) is 28.1 Å². The number of rotatable bonds is 8. The Morgan fingerprint density at radius 1 is 1.21 bits per heavy atom. The normalized spacial score (nSPS) is 17.6. The Labute approximate surface area is 211 Å². The molecule has 1 aliphatic heterocycles. The number of hydrogen-bond acceptors (Lipinski definition) is 4. The molecule has 1 heterocycles. The molecule has 1 atom stereocenters. The third-order valence-electron chi connectivity index (χ3n) is 5.55. The van der Waals surface area contributed by atoms with Crippen LogP contribution >= 0.6 is 27.7 Å². The molecule has 1 saturated heterocycles. The molecule has 0 aliphatic carbocycles. The predicted molar refractivity (Wildman–Crippen MR) is 140 cm³/mol. The van der Waals surface area contributed by atoms with Crippen LogP contribution in [-0.4, -0.2) is 39.7 Å². The summed E-state index contributed by atoms with van der Waals surface area (Å²) < 4.78 is 43.5. The molecule has 0 radical (unpaired) electrons. The summed E-state index contributed by atoms with van der Waals surface area (Å²) in [4.78, 5) is 0. The zero-order chi connectivity index (χ0) is 24.1. The third kappa shape index (κ3) is 7.38. The summed E-state index contributed by atoms with van der Waals surface area (Å²) in [5, 5.41) is 0. The number of methoxy groups -OCH3 is 1. The fourth-order valence-electron chi connectivity index (χ4n) is 3.51. The van der Waals surface area contributed by atoms with Gasteiger partial charge in [0.1, 0.15) is 22.6 Å². The lowest BCUT2D eigenvalue weighted by Crippen LogP contribution is -2.36. The lowest BCUT2D eigenvalue weighted by Gasteiger charge is -2.37. The fourth-order valence-corrected chi connectivity index (χ4v) is 5.87. The highest BCUT2D eigenvalue weighted by Gasteiger charge is 2.36. The SMILES string of the molecule is COc1ccc(CSC2(C/C(=N/S(=O)C(C)(C)C)c3cc(Br)ccc3F)CCOCC2)cc1. The molecule has 0 N–H and O–H groups in total. The molecule has 1 unspecified atom stereocenters. The van der Waals surface area contributed by atoms with Crippen LogP contribution in [0.15, 0.2) is 51.3 Å². The molecule has 8 heteroatoms. The van der Waals surface area contributed by atoms with E-state index in [0.717, 1.165) is 28.8 Å². The summed E-state index contributed by atoms with van der Waals surface area (Å²) in [7, 11) is 0.160. The van der Waals surface area contributed by atoms with E-state index in [9.17, 15) is 8.60 Å². The maximum atomic E-state index is 14.9. The maximum Gasteiger partial charge on any atom is 0.145 e. The van der Waals surface area contributed by atoms with Gasteiger partial charge >= 0.3 is 0 Å². The van der Waals surface area contributed by atoms with Crippen molar-refractivity contribution in [3.63, 3.8) is 0 Å². The Kier molecular flexibility index (Phi) is 9.17. The average Bonchev–Trinajstić information content (AvgIpc) is 2.79. The van der Waals surface area contributed by atoms with Crippen molar-refractivity contribution in [2.75, 3.05) is 20.3 Å². The van der Waals surface area contributed by atoms with Crippen LogP contribution in [0.2, 0.25) is 0 Å². The van der Waals surface area contributed by atoms with Crippen LogP contribution in [0.4, 0.5) is 4.39 Å². The van der Waals surface area contributed by atoms with Gasteiger partial charge in [-0.25, -0.2) is 8.60 Å². The molecule has 1 fully saturated rings. The quantitative estimate of drug-likeness (QED) is 0.339. The first kappa shape index (κ1) is 26.4.